The van der Waals surface area contributed by atoms with Gasteiger partial charge in [-0.15, -0.1) is 0 Å². The number of likely N-dealkylation sites (tertiary alicyclic amines) is 1. The lowest BCUT2D eigenvalue weighted by Crippen LogP contribution is -2.44. The van der Waals surface area contributed by atoms with Crippen LogP contribution in [-0.4, -0.2) is 47.4 Å². The summed E-state index contributed by atoms with van der Waals surface area (Å²) < 4.78 is 0. The lowest BCUT2D eigenvalue weighted by atomic mass is 10.1. The summed E-state index contributed by atoms with van der Waals surface area (Å²) in [5, 5.41) is 11.0. The van der Waals surface area contributed by atoms with E-state index in [1.807, 2.05) is 13.8 Å². The van der Waals surface area contributed by atoms with Crippen molar-refractivity contribution in [2.75, 3.05) is 19.7 Å². The fourth-order valence-corrected chi connectivity index (χ4v) is 2.55. The Hall–Kier alpha value is -1.43. The summed E-state index contributed by atoms with van der Waals surface area (Å²) in [6.07, 6.45) is 0. The molecule has 6 nitrogen and oxygen atoms in total. The molecule has 0 aromatic rings. The smallest absolute Gasteiger partial charge is 0.240 e. The van der Waals surface area contributed by atoms with Crippen molar-refractivity contribution < 1.29 is 19.5 Å². The largest absolute Gasteiger partial charge is 0.395 e. The number of aliphatic hydroxyl groups excluding tert-OH is 1. The van der Waals surface area contributed by atoms with E-state index in [1.165, 1.54) is 0 Å². The maximum absolute atomic E-state index is 11.9. The highest BCUT2D eigenvalue weighted by Crippen LogP contribution is 2.63. The zero-order chi connectivity index (χ0) is 12.8. The number of rotatable bonds is 4. The highest BCUT2D eigenvalue weighted by molar-refractivity contribution is 6.12. The molecule has 2 aliphatic rings. The zero-order valence-electron chi connectivity index (χ0n) is 9.90. The van der Waals surface area contributed by atoms with Gasteiger partial charge in [-0.25, -0.2) is 0 Å². The summed E-state index contributed by atoms with van der Waals surface area (Å²) in [7, 11) is 0. The molecule has 17 heavy (non-hydrogen) atoms. The van der Waals surface area contributed by atoms with E-state index in [2.05, 4.69) is 5.32 Å². The molecule has 0 bridgehead atoms. The van der Waals surface area contributed by atoms with Crippen molar-refractivity contribution in [3.8, 4) is 0 Å². The van der Waals surface area contributed by atoms with Crippen LogP contribution in [0.2, 0.25) is 0 Å². The van der Waals surface area contributed by atoms with Gasteiger partial charge in [0.2, 0.25) is 17.7 Å². The van der Waals surface area contributed by atoms with Crippen molar-refractivity contribution in [1.29, 1.82) is 0 Å². The molecule has 2 rings (SSSR count). The number of aliphatic hydroxyl groups is 1. The standard InChI is InChI=1S/C11H16N2O4/c1-11(2)7-8(11)10(17)13(9(7)16)5-6(15)12-3-4-14/h7-8,14H,3-5H2,1-2H3,(H,12,15). The summed E-state index contributed by atoms with van der Waals surface area (Å²) >= 11 is 0. The Morgan fingerprint density at radius 1 is 1.35 bits per heavy atom. The number of carbonyl (C=O) groups is 3. The van der Waals surface area contributed by atoms with Crippen molar-refractivity contribution in [3.63, 3.8) is 0 Å². The van der Waals surface area contributed by atoms with Gasteiger partial charge in [0.1, 0.15) is 6.54 Å². The van der Waals surface area contributed by atoms with Crippen molar-refractivity contribution in [2.24, 2.45) is 17.3 Å². The molecule has 2 unspecified atom stereocenters. The molecule has 2 N–H and O–H groups in total. The summed E-state index contributed by atoms with van der Waals surface area (Å²) in [5.41, 5.74) is -0.244. The third-order valence-corrected chi connectivity index (χ3v) is 3.63. The number of nitrogens with zero attached hydrogens (tertiary/aromatic N) is 1. The molecule has 1 saturated carbocycles. The van der Waals surface area contributed by atoms with Crippen molar-refractivity contribution in [3.05, 3.63) is 0 Å². The summed E-state index contributed by atoms with van der Waals surface area (Å²) in [4.78, 5) is 36.1. The van der Waals surface area contributed by atoms with Gasteiger partial charge in [-0.3, -0.25) is 19.3 Å². The first-order chi connectivity index (χ1) is 7.91. The molecular weight excluding hydrogens is 224 g/mol. The Morgan fingerprint density at radius 3 is 2.35 bits per heavy atom. The zero-order valence-corrected chi connectivity index (χ0v) is 9.90. The average molecular weight is 240 g/mol. The summed E-state index contributed by atoms with van der Waals surface area (Å²) in [6.45, 7) is 3.52. The fraction of sp³-hybridized carbons (Fsp3) is 0.727. The molecule has 1 aliphatic heterocycles. The number of hydrogen-bond acceptors (Lipinski definition) is 4. The minimum absolute atomic E-state index is 0.132. The normalized spacial score (nSPS) is 29.2. The van der Waals surface area contributed by atoms with Crippen LogP contribution in [0.5, 0.6) is 0 Å². The SMILES string of the molecule is CC1(C)C2C(=O)N(CC(=O)NCCO)C(=O)C21. The third kappa shape index (κ3) is 1.72. The molecule has 0 spiro atoms. The number of nitrogens with one attached hydrogen (secondary N) is 1. The van der Waals surface area contributed by atoms with Gasteiger partial charge >= 0.3 is 0 Å². The van der Waals surface area contributed by atoms with Gasteiger partial charge in [0.15, 0.2) is 0 Å². The van der Waals surface area contributed by atoms with Crippen LogP contribution >= 0.6 is 0 Å². The van der Waals surface area contributed by atoms with Crippen LogP contribution in [0.3, 0.4) is 0 Å². The molecular formula is C11H16N2O4. The van der Waals surface area contributed by atoms with Gasteiger partial charge in [-0.2, -0.15) is 0 Å². The second-order valence-electron chi connectivity index (χ2n) is 5.11. The van der Waals surface area contributed by atoms with Crippen molar-refractivity contribution in [2.45, 2.75) is 13.8 Å². The molecule has 2 fully saturated rings. The molecule has 0 radical (unpaired) electrons. The van der Waals surface area contributed by atoms with E-state index in [0.29, 0.717) is 0 Å². The van der Waals surface area contributed by atoms with E-state index in [1.54, 1.807) is 0 Å². The minimum Gasteiger partial charge on any atom is -0.395 e. The van der Waals surface area contributed by atoms with E-state index >= 15 is 0 Å². The number of piperidine rings is 1. The minimum atomic E-state index is -0.417. The van der Waals surface area contributed by atoms with E-state index in [0.717, 1.165) is 4.90 Å². The molecule has 1 saturated heterocycles. The lowest BCUT2D eigenvalue weighted by molar-refractivity contribution is -0.146. The Labute approximate surface area is 99.0 Å². The number of carbonyl (C=O) groups excluding carboxylic acids is 3. The Balaban J connectivity index is 1.95. The van der Waals surface area contributed by atoms with Crippen LogP contribution in [0.25, 0.3) is 0 Å². The lowest BCUT2D eigenvalue weighted by Gasteiger charge is -2.19. The molecule has 94 valence electrons. The molecule has 0 aromatic heterocycles. The predicted molar refractivity (Wildman–Crippen MR) is 57.6 cm³/mol. The van der Waals surface area contributed by atoms with Crippen LogP contribution in [0, 0.1) is 17.3 Å². The first-order valence-electron chi connectivity index (χ1n) is 5.64. The van der Waals surface area contributed by atoms with Gasteiger partial charge in [0.05, 0.1) is 18.4 Å². The maximum Gasteiger partial charge on any atom is 0.240 e. The summed E-state index contributed by atoms with van der Waals surface area (Å²) in [6, 6.07) is 0. The topological polar surface area (TPSA) is 86.7 Å². The Bertz CT molecular complexity index is 367. The molecule has 1 aliphatic carbocycles. The van der Waals surface area contributed by atoms with E-state index in [-0.39, 0.29) is 48.8 Å². The first kappa shape index (κ1) is 12.0. The number of hydrogen-bond donors (Lipinski definition) is 2. The molecule has 0 aromatic carbocycles. The maximum atomic E-state index is 11.9. The highest BCUT2D eigenvalue weighted by atomic mass is 16.3. The Kier molecular flexibility index (Phi) is 2.69. The first-order valence-corrected chi connectivity index (χ1v) is 5.64. The van der Waals surface area contributed by atoms with Crippen molar-refractivity contribution in [1.82, 2.24) is 10.2 Å². The second kappa shape index (κ2) is 3.80. The second-order valence-corrected chi connectivity index (χ2v) is 5.11. The number of amides is 3. The van der Waals surface area contributed by atoms with Crippen molar-refractivity contribution >= 4 is 17.7 Å². The Morgan fingerprint density at radius 2 is 1.88 bits per heavy atom. The van der Waals surface area contributed by atoms with Gasteiger partial charge in [-0.05, 0) is 5.41 Å². The average Bonchev–Trinajstić information content (AvgIpc) is 2.73. The number of fused-ring (bicyclic) bond motifs is 1. The van der Waals surface area contributed by atoms with Crippen LogP contribution < -0.4 is 5.32 Å². The molecule has 3 amide bonds. The molecule has 6 heteroatoms. The van der Waals surface area contributed by atoms with E-state index in [9.17, 15) is 14.4 Å². The van der Waals surface area contributed by atoms with Crippen LogP contribution in [-0.2, 0) is 14.4 Å². The van der Waals surface area contributed by atoms with Gasteiger partial charge in [0.25, 0.3) is 0 Å². The molecule has 1 heterocycles. The third-order valence-electron chi connectivity index (χ3n) is 3.63. The highest BCUT2D eigenvalue weighted by Gasteiger charge is 2.72. The molecule has 2 atom stereocenters. The van der Waals surface area contributed by atoms with Crippen LogP contribution in [0.1, 0.15) is 13.8 Å². The monoisotopic (exact) mass is 240 g/mol. The van der Waals surface area contributed by atoms with E-state index in [4.69, 9.17) is 5.11 Å². The van der Waals surface area contributed by atoms with Gasteiger partial charge < -0.3 is 10.4 Å². The number of imide groups is 1. The van der Waals surface area contributed by atoms with E-state index < -0.39 is 5.91 Å². The predicted octanol–water partition coefficient (Wildman–Crippen LogP) is -1.26. The summed E-state index contributed by atoms with van der Waals surface area (Å²) in [5.74, 6) is -1.41. The fourth-order valence-electron chi connectivity index (χ4n) is 2.55. The van der Waals surface area contributed by atoms with Crippen LogP contribution in [0.15, 0.2) is 0 Å². The van der Waals surface area contributed by atoms with Gasteiger partial charge in [-0.1, -0.05) is 13.8 Å². The quantitative estimate of drug-likeness (QED) is 0.600. The van der Waals surface area contributed by atoms with Gasteiger partial charge in [0, 0.05) is 6.54 Å². The van der Waals surface area contributed by atoms with Crippen LogP contribution in [0.4, 0.5) is 0 Å².